The summed E-state index contributed by atoms with van der Waals surface area (Å²) >= 11 is 1.70. The summed E-state index contributed by atoms with van der Waals surface area (Å²) in [6, 6.07) is 12.4. The highest BCUT2D eigenvalue weighted by Crippen LogP contribution is 2.31. The zero-order valence-corrected chi connectivity index (χ0v) is 17.3. The highest BCUT2D eigenvalue weighted by atomic mass is 32.2. The van der Waals surface area contributed by atoms with E-state index in [2.05, 4.69) is 42.0 Å². The molecule has 3 aromatic rings. The van der Waals surface area contributed by atoms with Crippen molar-refractivity contribution in [1.82, 2.24) is 14.5 Å². The number of hydrogen-bond acceptors (Lipinski definition) is 4. The van der Waals surface area contributed by atoms with E-state index in [-0.39, 0.29) is 5.69 Å². The van der Waals surface area contributed by atoms with Crippen molar-refractivity contribution < 1.29 is 0 Å². The van der Waals surface area contributed by atoms with Crippen molar-refractivity contribution in [1.29, 1.82) is 0 Å². The van der Waals surface area contributed by atoms with Crippen molar-refractivity contribution in [3.63, 3.8) is 0 Å². The SMILES string of the molecule is Cc1ccc(C)c(CSc2nc(=O)n(Cc3ccccn3)c3c2CCCC3)c1. The van der Waals surface area contributed by atoms with Crippen LogP contribution in [0.4, 0.5) is 0 Å². The van der Waals surface area contributed by atoms with Crippen LogP contribution in [-0.4, -0.2) is 14.5 Å². The standard InChI is InChI=1S/C23H25N3OS/c1-16-10-11-17(2)18(13-16)15-28-22-20-8-3-4-9-21(20)26(23(27)25-22)14-19-7-5-6-12-24-19/h5-7,10-13H,3-4,8-9,14-15H2,1-2H3. The molecule has 0 N–H and O–H groups in total. The van der Waals surface area contributed by atoms with E-state index < -0.39 is 0 Å². The molecule has 0 radical (unpaired) electrons. The van der Waals surface area contributed by atoms with Crippen molar-refractivity contribution in [2.24, 2.45) is 0 Å². The summed E-state index contributed by atoms with van der Waals surface area (Å²) in [5.41, 5.74) is 7.02. The number of aromatic nitrogens is 3. The Balaban J connectivity index is 1.66. The minimum Gasteiger partial charge on any atom is -0.290 e. The lowest BCUT2D eigenvalue weighted by Gasteiger charge is -2.22. The highest BCUT2D eigenvalue weighted by Gasteiger charge is 2.21. The third kappa shape index (κ3) is 4.04. The number of benzene rings is 1. The summed E-state index contributed by atoms with van der Waals surface area (Å²) in [6.07, 6.45) is 6.00. The fourth-order valence-electron chi connectivity index (χ4n) is 3.79. The minimum absolute atomic E-state index is 0.158. The van der Waals surface area contributed by atoms with E-state index in [0.717, 1.165) is 47.8 Å². The maximum Gasteiger partial charge on any atom is 0.349 e. The normalized spacial score (nSPS) is 13.4. The molecule has 1 aliphatic rings. The van der Waals surface area contributed by atoms with Gasteiger partial charge in [-0.25, -0.2) is 4.79 Å². The first-order chi connectivity index (χ1) is 13.6. The molecule has 2 aromatic heterocycles. The largest absolute Gasteiger partial charge is 0.349 e. The Morgan fingerprint density at radius 3 is 2.79 bits per heavy atom. The minimum atomic E-state index is -0.158. The smallest absolute Gasteiger partial charge is 0.290 e. The van der Waals surface area contributed by atoms with Gasteiger partial charge in [0.05, 0.1) is 12.2 Å². The lowest BCUT2D eigenvalue weighted by Crippen LogP contribution is -2.30. The van der Waals surface area contributed by atoms with Gasteiger partial charge in [-0.15, -0.1) is 11.8 Å². The molecule has 28 heavy (non-hydrogen) atoms. The van der Waals surface area contributed by atoms with E-state index in [9.17, 15) is 4.79 Å². The van der Waals surface area contributed by atoms with Crippen LogP contribution in [0.3, 0.4) is 0 Å². The summed E-state index contributed by atoms with van der Waals surface area (Å²) in [7, 11) is 0. The van der Waals surface area contributed by atoms with Crippen molar-refractivity contribution in [2.75, 3.05) is 0 Å². The maximum absolute atomic E-state index is 12.9. The molecule has 0 bridgehead atoms. The van der Waals surface area contributed by atoms with Gasteiger partial charge in [-0.2, -0.15) is 4.98 Å². The van der Waals surface area contributed by atoms with E-state index in [1.54, 1.807) is 18.0 Å². The molecule has 1 aromatic carbocycles. The van der Waals surface area contributed by atoms with Crippen molar-refractivity contribution in [3.05, 3.63) is 86.7 Å². The van der Waals surface area contributed by atoms with Crippen LogP contribution in [-0.2, 0) is 25.1 Å². The van der Waals surface area contributed by atoms with E-state index in [1.165, 1.54) is 22.3 Å². The molecule has 4 rings (SSSR count). The predicted molar refractivity (Wildman–Crippen MR) is 114 cm³/mol. The molecule has 4 nitrogen and oxygen atoms in total. The van der Waals surface area contributed by atoms with Crippen LogP contribution in [0.5, 0.6) is 0 Å². The second kappa shape index (κ2) is 8.31. The molecule has 0 saturated carbocycles. The zero-order chi connectivity index (χ0) is 19.5. The van der Waals surface area contributed by atoms with Gasteiger partial charge >= 0.3 is 5.69 Å². The van der Waals surface area contributed by atoms with Gasteiger partial charge in [0.25, 0.3) is 0 Å². The molecule has 0 atom stereocenters. The van der Waals surface area contributed by atoms with E-state index in [0.29, 0.717) is 6.54 Å². The first-order valence-electron chi connectivity index (χ1n) is 9.83. The number of pyridine rings is 1. The first kappa shape index (κ1) is 18.9. The molecule has 0 spiro atoms. The topological polar surface area (TPSA) is 47.8 Å². The van der Waals surface area contributed by atoms with Gasteiger partial charge in [-0.1, -0.05) is 29.8 Å². The number of thioether (sulfide) groups is 1. The molecular formula is C23H25N3OS. The van der Waals surface area contributed by atoms with Crippen molar-refractivity contribution >= 4 is 11.8 Å². The van der Waals surface area contributed by atoms with Crippen molar-refractivity contribution in [3.8, 4) is 0 Å². The summed E-state index contributed by atoms with van der Waals surface area (Å²) < 4.78 is 1.83. The Bertz CT molecular complexity index is 1040. The van der Waals surface area contributed by atoms with Gasteiger partial charge in [0.15, 0.2) is 0 Å². The van der Waals surface area contributed by atoms with Gasteiger partial charge in [-0.05, 0) is 62.8 Å². The molecule has 0 amide bonds. The van der Waals surface area contributed by atoms with Gasteiger partial charge < -0.3 is 0 Å². The number of rotatable bonds is 5. The molecule has 2 heterocycles. The third-order valence-corrected chi connectivity index (χ3v) is 6.43. The Morgan fingerprint density at radius 1 is 1.11 bits per heavy atom. The fourth-order valence-corrected chi connectivity index (χ4v) is 4.93. The van der Waals surface area contributed by atoms with E-state index >= 15 is 0 Å². The van der Waals surface area contributed by atoms with Gasteiger partial charge in [0.1, 0.15) is 5.03 Å². The predicted octanol–water partition coefficient (Wildman–Crippen LogP) is 4.47. The number of hydrogen-bond donors (Lipinski definition) is 0. The zero-order valence-electron chi connectivity index (χ0n) is 16.4. The van der Waals surface area contributed by atoms with Gasteiger partial charge in [0, 0.05) is 23.2 Å². The fraction of sp³-hybridized carbons (Fsp3) is 0.348. The Kier molecular flexibility index (Phi) is 5.62. The lowest BCUT2D eigenvalue weighted by atomic mass is 9.97. The molecule has 144 valence electrons. The number of fused-ring (bicyclic) bond motifs is 1. The van der Waals surface area contributed by atoms with Crippen LogP contribution >= 0.6 is 11.8 Å². The molecule has 0 unspecified atom stereocenters. The van der Waals surface area contributed by atoms with Gasteiger partial charge in [-0.3, -0.25) is 9.55 Å². The Hall–Kier alpha value is -2.40. The van der Waals surface area contributed by atoms with Crippen LogP contribution in [0.1, 0.15) is 46.5 Å². The monoisotopic (exact) mass is 391 g/mol. The van der Waals surface area contributed by atoms with Crippen LogP contribution < -0.4 is 5.69 Å². The molecular weight excluding hydrogens is 366 g/mol. The van der Waals surface area contributed by atoms with Crippen molar-refractivity contribution in [2.45, 2.75) is 56.9 Å². The van der Waals surface area contributed by atoms with E-state index in [4.69, 9.17) is 0 Å². The second-order valence-corrected chi connectivity index (χ2v) is 8.42. The summed E-state index contributed by atoms with van der Waals surface area (Å²) in [6.45, 7) is 4.76. The lowest BCUT2D eigenvalue weighted by molar-refractivity contribution is 0.565. The third-order valence-electron chi connectivity index (χ3n) is 5.37. The Labute approximate surface area is 170 Å². The molecule has 0 fully saturated rings. The summed E-state index contributed by atoms with van der Waals surface area (Å²) in [5.74, 6) is 0.844. The maximum atomic E-state index is 12.9. The quantitative estimate of drug-likeness (QED) is 0.475. The highest BCUT2D eigenvalue weighted by molar-refractivity contribution is 7.98. The van der Waals surface area contributed by atoms with Gasteiger partial charge in [0.2, 0.25) is 0 Å². The number of nitrogens with zero attached hydrogens (tertiary/aromatic N) is 3. The average Bonchev–Trinajstić information content (AvgIpc) is 2.72. The van der Waals surface area contributed by atoms with Crippen LogP contribution in [0.15, 0.2) is 52.4 Å². The molecule has 0 aliphatic heterocycles. The molecule has 1 aliphatic carbocycles. The van der Waals surface area contributed by atoms with Crippen LogP contribution in [0.25, 0.3) is 0 Å². The van der Waals surface area contributed by atoms with Crippen LogP contribution in [0, 0.1) is 13.8 Å². The second-order valence-electron chi connectivity index (χ2n) is 7.46. The average molecular weight is 392 g/mol. The molecule has 5 heteroatoms. The van der Waals surface area contributed by atoms with E-state index in [1.807, 2.05) is 22.8 Å². The number of aryl methyl sites for hydroxylation is 2. The molecule has 0 saturated heterocycles. The first-order valence-corrected chi connectivity index (χ1v) is 10.8. The summed E-state index contributed by atoms with van der Waals surface area (Å²) in [5, 5.41) is 0.915. The van der Waals surface area contributed by atoms with Crippen LogP contribution in [0.2, 0.25) is 0 Å². The summed E-state index contributed by atoms with van der Waals surface area (Å²) in [4.78, 5) is 21.7. The Morgan fingerprint density at radius 2 is 1.96 bits per heavy atom.